The third-order valence-electron chi connectivity index (χ3n) is 2.90. The van der Waals surface area contributed by atoms with Crippen molar-refractivity contribution >= 4 is 17.6 Å². The molecule has 2 rings (SSSR count). The Morgan fingerprint density at radius 1 is 1.10 bits per heavy atom. The molecular formula is C16H17N3O2. The van der Waals surface area contributed by atoms with Crippen molar-refractivity contribution in [1.82, 2.24) is 5.32 Å². The molecule has 0 saturated carbocycles. The largest absolute Gasteiger partial charge is 0.444 e. The van der Waals surface area contributed by atoms with Crippen LogP contribution in [0.5, 0.6) is 0 Å². The predicted octanol–water partition coefficient (Wildman–Crippen LogP) is 2.98. The standard InChI is InChI=1S/C16H17N3O2/c1-18-14-9-7-13(8-10-14)15(17)19-16(20)21-11-12-5-3-2-4-6-12/h2-10,18H,11H2,1H3,(H2,17,19,20). The maximum atomic E-state index is 11.6. The highest BCUT2D eigenvalue weighted by atomic mass is 16.5. The van der Waals surface area contributed by atoms with Gasteiger partial charge in [0.2, 0.25) is 0 Å². The number of anilines is 1. The van der Waals surface area contributed by atoms with Crippen LogP contribution < -0.4 is 10.6 Å². The van der Waals surface area contributed by atoms with Crippen molar-refractivity contribution in [3.63, 3.8) is 0 Å². The number of benzene rings is 2. The van der Waals surface area contributed by atoms with Crippen LogP contribution >= 0.6 is 0 Å². The molecule has 0 bridgehead atoms. The number of carbonyl (C=O) groups is 1. The summed E-state index contributed by atoms with van der Waals surface area (Å²) in [5.74, 6) is 0.00992. The van der Waals surface area contributed by atoms with Crippen LogP contribution in [0, 0.1) is 5.41 Å². The summed E-state index contributed by atoms with van der Waals surface area (Å²) in [5.41, 5.74) is 2.46. The first-order valence-corrected chi connectivity index (χ1v) is 6.53. The lowest BCUT2D eigenvalue weighted by molar-refractivity contribution is 0.145. The topological polar surface area (TPSA) is 74.2 Å². The molecule has 0 radical (unpaired) electrons. The Bertz CT molecular complexity index is 609. The molecule has 0 heterocycles. The molecule has 0 atom stereocenters. The van der Waals surface area contributed by atoms with Gasteiger partial charge in [-0.3, -0.25) is 10.7 Å². The fourth-order valence-electron chi connectivity index (χ4n) is 1.74. The molecule has 5 heteroatoms. The quantitative estimate of drug-likeness (QED) is 0.596. The van der Waals surface area contributed by atoms with Gasteiger partial charge >= 0.3 is 6.09 Å². The van der Waals surface area contributed by atoms with Crippen LogP contribution in [0.1, 0.15) is 11.1 Å². The van der Waals surface area contributed by atoms with Gasteiger partial charge < -0.3 is 10.1 Å². The zero-order valence-corrected chi connectivity index (χ0v) is 11.7. The number of rotatable bonds is 4. The maximum Gasteiger partial charge on any atom is 0.413 e. The second kappa shape index (κ2) is 7.09. The molecule has 0 aromatic heterocycles. The number of amides is 1. The molecule has 2 aromatic rings. The van der Waals surface area contributed by atoms with Crippen molar-refractivity contribution in [2.75, 3.05) is 12.4 Å². The minimum Gasteiger partial charge on any atom is -0.444 e. The van der Waals surface area contributed by atoms with Crippen LogP contribution in [0.2, 0.25) is 0 Å². The van der Waals surface area contributed by atoms with Gasteiger partial charge in [-0.15, -0.1) is 0 Å². The SMILES string of the molecule is CNc1ccc(C(=N)NC(=O)OCc2ccccc2)cc1. The van der Waals surface area contributed by atoms with E-state index >= 15 is 0 Å². The maximum absolute atomic E-state index is 11.6. The van der Waals surface area contributed by atoms with E-state index in [4.69, 9.17) is 10.1 Å². The van der Waals surface area contributed by atoms with Gasteiger partial charge in [-0.25, -0.2) is 4.79 Å². The van der Waals surface area contributed by atoms with Gasteiger partial charge in [0.25, 0.3) is 0 Å². The second-order valence-electron chi connectivity index (χ2n) is 4.39. The van der Waals surface area contributed by atoms with E-state index in [0.29, 0.717) is 5.56 Å². The average Bonchev–Trinajstić information content (AvgIpc) is 2.54. The number of carbonyl (C=O) groups excluding carboxylic acids is 1. The molecule has 0 saturated heterocycles. The monoisotopic (exact) mass is 283 g/mol. The van der Waals surface area contributed by atoms with Crippen molar-refractivity contribution in [2.24, 2.45) is 0 Å². The first kappa shape index (κ1) is 14.6. The van der Waals surface area contributed by atoms with E-state index in [1.165, 1.54) is 0 Å². The average molecular weight is 283 g/mol. The molecule has 0 aliphatic heterocycles. The van der Waals surface area contributed by atoms with E-state index < -0.39 is 6.09 Å². The smallest absolute Gasteiger partial charge is 0.413 e. The van der Waals surface area contributed by atoms with E-state index in [-0.39, 0.29) is 12.4 Å². The molecule has 5 nitrogen and oxygen atoms in total. The molecule has 1 amide bonds. The molecular weight excluding hydrogens is 266 g/mol. The van der Waals surface area contributed by atoms with E-state index in [2.05, 4.69) is 10.6 Å². The highest BCUT2D eigenvalue weighted by Gasteiger charge is 2.08. The summed E-state index contributed by atoms with van der Waals surface area (Å²) in [6.07, 6.45) is -0.637. The zero-order valence-electron chi connectivity index (χ0n) is 11.7. The molecule has 2 aromatic carbocycles. The number of hydrogen-bond acceptors (Lipinski definition) is 4. The fourth-order valence-corrected chi connectivity index (χ4v) is 1.74. The van der Waals surface area contributed by atoms with Crippen LogP contribution in [0.25, 0.3) is 0 Å². The third-order valence-corrected chi connectivity index (χ3v) is 2.90. The molecule has 3 N–H and O–H groups in total. The van der Waals surface area contributed by atoms with Crippen molar-refractivity contribution in [2.45, 2.75) is 6.61 Å². The van der Waals surface area contributed by atoms with Crippen LogP contribution in [0.4, 0.5) is 10.5 Å². The second-order valence-corrected chi connectivity index (χ2v) is 4.39. The fraction of sp³-hybridized carbons (Fsp3) is 0.125. The van der Waals surface area contributed by atoms with Crippen molar-refractivity contribution in [1.29, 1.82) is 5.41 Å². The van der Waals surface area contributed by atoms with E-state index in [1.807, 2.05) is 49.5 Å². The minimum absolute atomic E-state index is 0.00992. The summed E-state index contributed by atoms with van der Waals surface area (Å²) < 4.78 is 5.06. The van der Waals surface area contributed by atoms with Crippen LogP contribution in [-0.2, 0) is 11.3 Å². The Morgan fingerprint density at radius 2 is 1.76 bits per heavy atom. The summed E-state index contributed by atoms with van der Waals surface area (Å²) in [6, 6.07) is 16.6. The summed E-state index contributed by atoms with van der Waals surface area (Å²) in [4.78, 5) is 11.6. The van der Waals surface area contributed by atoms with Crippen molar-refractivity contribution in [3.8, 4) is 0 Å². The first-order chi connectivity index (χ1) is 10.2. The number of alkyl carbamates (subject to hydrolysis) is 1. The summed E-state index contributed by atoms with van der Waals surface area (Å²) in [5, 5.41) is 13.2. The Hall–Kier alpha value is -2.82. The van der Waals surface area contributed by atoms with Gasteiger partial charge in [-0.1, -0.05) is 30.3 Å². The van der Waals surface area contributed by atoms with Gasteiger partial charge in [0.1, 0.15) is 12.4 Å². The Balaban J connectivity index is 1.85. The zero-order chi connectivity index (χ0) is 15.1. The molecule has 0 unspecified atom stereocenters. The van der Waals surface area contributed by atoms with E-state index in [1.54, 1.807) is 12.1 Å². The lowest BCUT2D eigenvalue weighted by atomic mass is 10.2. The van der Waals surface area contributed by atoms with Crippen LogP contribution in [0.15, 0.2) is 54.6 Å². The van der Waals surface area contributed by atoms with E-state index in [0.717, 1.165) is 11.3 Å². The van der Waals surface area contributed by atoms with Crippen LogP contribution in [-0.4, -0.2) is 19.0 Å². The number of hydrogen-bond donors (Lipinski definition) is 3. The Morgan fingerprint density at radius 3 is 2.38 bits per heavy atom. The minimum atomic E-state index is -0.637. The van der Waals surface area contributed by atoms with Gasteiger partial charge in [-0.05, 0) is 29.8 Å². The lowest BCUT2D eigenvalue weighted by Crippen LogP contribution is -2.30. The van der Waals surface area contributed by atoms with E-state index in [9.17, 15) is 4.79 Å². The highest BCUT2D eigenvalue weighted by Crippen LogP contribution is 2.08. The normalized spacial score (nSPS) is 9.76. The molecule has 0 spiro atoms. The molecule has 0 aliphatic carbocycles. The summed E-state index contributed by atoms with van der Waals surface area (Å²) >= 11 is 0. The van der Waals surface area contributed by atoms with Gasteiger partial charge in [0.15, 0.2) is 0 Å². The molecule has 108 valence electrons. The summed E-state index contributed by atoms with van der Waals surface area (Å²) in [7, 11) is 1.82. The van der Waals surface area contributed by atoms with Crippen molar-refractivity contribution in [3.05, 3.63) is 65.7 Å². The molecule has 0 aliphatic rings. The Kier molecular flexibility index (Phi) is 4.93. The number of amidine groups is 1. The number of nitrogens with one attached hydrogen (secondary N) is 3. The first-order valence-electron chi connectivity index (χ1n) is 6.53. The van der Waals surface area contributed by atoms with Gasteiger partial charge in [0, 0.05) is 18.3 Å². The summed E-state index contributed by atoms with van der Waals surface area (Å²) in [6.45, 7) is 0.179. The highest BCUT2D eigenvalue weighted by molar-refractivity contribution is 6.04. The van der Waals surface area contributed by atoms with Gasteiger partial charge in [-0.2, -0.15) is 0 Å². The van der Waals surface area contributed by atoms with Gasteiger partial charge in [0.05, 0.1) is 0 Å². The number of ether oxygens (including phenoxy) is 1. The molecule has 0 fully saturated rings. The Labute approximate surface area is 123 Å². The third kappa shape index (κ3) is 4.35. The van der Waals surface area contributed by atoms with Crippen molar-refractivity contribution < 1.29 is 9.53 Å². The lowest BCUT2D eigenvalue weighted by Gasteiger charge is -2.09. The predicted molar refractivity (Wildman–Crippen MR) is 82.6 cm³/mol. The molecule has 21 heavy (non-hydrogen) atoms. The van der Waals surface area contributed by atoms with Crippen LogP contribution in [0.3, 0.4) is 0 Å².